The molecule has 4 fully saturated rings. The van der Waals surface area contributed by atoms with Gasteiger partial charge in [-0.3, -0.25) is 0 Å². The maximum absolute atomic E-state index is 11.4. The number of hydrogen-bond acceptors (Lipinski definition) is 2. The van der Waals surface area contributed by atoms with Crippen LogP contribution in [0.5, 0.6) is 0 Å². The van der Waals surface area contributed by atoms with Crippen molar-refractivity contribution < 1.29 is 9.53 Å². The molecule has 0 spiro atoms. The molecule has 17 heavy (non-hydrogen) atoms. The molecule has 0 aromatic rings. The highest BCUT2D eigenvalue weighted by atomic mass is 16.5. The van der Waals surface area contributed by atoms with Gasteiger partial charge in [0.2, 0.25) is 0 Å². The Morgan fingerprint density at radius 1 is 1.12 bits per heavy atom. The molecule has 4 aliphatic carbocycles. The van der Waals surface area contributed by atoms with Gasteiger partial charge in [-0.1, -0.05) is 6.08 Å². The molecule has 0 aliphatic heterocycles. The lowest BCUT2D eigenvalue weighted by Crippen LogP contribution is -2.44. The fourth-order valence-electron chi connectivity index (χ4n) is 4.66. The molecular weight excluding hydrogens is 212 g/mol. The quantitative estimate of drug-likeness (QED) is 0.554. The minimum Gasteiger partial charge on any atom is -0.463 e. The summed E-state index contributed by atoms with van der Waals surface area (Å²) in [6.07, 6.45) is 11.0. The lowest BCUT2D eigenvalue weighted by Gasteiger charge is -2.53. The summed E-state index contributed by atoms with van der Waals surface area (Å²) in [5.74, 6) is 4.22. The number of hydrogen-bond donors (Lipinski definition) is 0. The first kappa shape index (κ1) is 11.3. The van der Waals surface area contributed by atoms with E-state index in [0.717, 1.165) is 23.7 Å². The Morgan fingerprint density at radius 3 is 2.24 bits per heavy atom. The van der Waals surface area contributed by atoms with E-state index in [4.69, 9.17) is 4.74 Å². The van der Waals surface area contributed by atoms with Crippen LogP contribution in [0.3, 0.4) is 0 Å². The van der Waals surface area contributed by atoms with Gasteiger partial charge in [-0.05, 0) is 68.6 Å². The van der Waals surface area contributed by atoms with Gasteiger partial charge >= 0.3 is 5.97 Å². The lowest BCUT2D eigenvalue weighted by atomic mass is 9.52. The Kier molecular flexibility index (Phi) is 2.97. The van der Waals surface area contributed by atoms with Gasteiger partial charge in [0.15, 0.2) is 0 Å². The molecule has 0 unspecified atom stereocenters. The van der Waals surface area contributed by atoms with Gasteiger partial charge < -0.3 is 4.74 Å². The number of carbonyl (C=O) groups is 1. The fraction of sp³-hybridized carbons (Fsp3) is 0.800. The van der Waals surface area contributed by atoms with Crippen molar-refractivity contribution in [2.45, 2.75) is 39.0 Å². The summed E-state index contributed by atoms with van der Waals surface area (Å²) in [5.41, 5.74) is 0. The first-order valence-corrected chi connectivity index (χ1v) is 7.11. The smallest absolute Gasteiger partial charge is 0.330 e. The molecule has 0 aromatic carbocycles. The van der Waals surface area contributed by atoms with Crippen LogP contribution in [-0.4, -0.2) is 12.6 Å². The third kappa shape index (κ3) is 2.14. The van der Waals surface area contributed by atoms with Crippen LogP contribution in [0.2, 0.25) is 0 Å². The van der Waals surface area contributed by atoms with Gasteiger partial charge in [0.1, 0.15) is 0 Å². The molecule has 4 aliphatic rings. The summed E-state index contributed by atoms with van der Waals surface area (Å²) in [6, 6.07) is 0. The molecule has 0 saturated heterocycles. The van der Waals surface area contributed by atoms with Crippen molar-refractivity contribution in [3.8, 4) is 0 Å². The average Bonchev–Trinajstić information content (AvgIpc) is 2.27. The average molecular weight is 234 g/mol. The fourth-order valence-corrected chi connectivity index (χ4v) is 4.66. The topological polar surface area (TPSA) is 26.3 Å². The molecule has 0 N–H and O–H groups in total. The second-order valence-corrected chi connectivity index (χ2v) is 6.12. The Bertz CT molecular complexity index is 304. The zero-order valence-electron chi connectivity index (χ0n) is 10.6. The summed E-state index contributed by atoms with van der Waals surface area (Å²) in [4.78, 5) is 11.4. The Labute approximate surface area is 103 Å². The number of ether oxygens (including phenoxy) is 1. The van der Waals surface area contributed by atoms with E-state index in [1.165, 1.54) is 32.1 Å². The molecule has 0 atom stereocenters. The molecule has 4 saturated carbocycles. The third-order valence-corrected chi connectivity index (χ3v) is 5.04. The summed E-state index contributed by atoms with van der Waals surface area (Å²) in [6.45, 7) is 2.33. The van der Waals surface area contributed by atoms with E-state index in [2.05, 4.69) is 6.08 Å². The Balaban J connectivity index is 1.66. The van der Waals surface area contributed by atoms with E-state index < -0.39 is 0 Å². The van der Waals surface area contributed by atoms with E-state index in [-0.39, 0.29) is 5.97 Å². The Hall–Kier alpha value is -0.790. The zero-order valence-corrected chi connectivity index (χ0v) is 10.6. The number of esters is 1. The van der Waals surface area contributed by atoms with Crippen molar-refractivity contribution in [3.63, 3.8) is 0 Å². The van der Waals surface area contributed by atoms with Crippen molar-refractivity contribution in [1.29, 1.82) is 0 Å². The molecule has 0 aromatic heterocycles. The normalized spacial score (nSPS) is 43.2. The number of carbonyl (C=O) groups excluding carboxylic acids is 1. The maximum atomic E-state index is 11.4. The first-order chi connectivity index (χ1) is 8.26. The van der Waals surface area contributed by atoms with Crippen molar-refractivity contribution in [2.75, 3.05) is 6.61 Å². The molecule has 2 nitrogen and oxygen atoms in total. The van der Waals surface area contributed by atoms with Gasteiger partial charge in [0, 0.05) is 6.08 Å². The second kappa shape index (κ2) is 4.47. The molecule has 0 radical (unpaired) electrons. The molecule has 0 amide bonds. The highest BCUT2D eigenvalue weighted by Gasteiger charge is 2.47. The summed E-state index contributed by atoms with van der Waals surface area (Å²) < 4.78 is 4.96. The summed E-state index contributed by atoms with van der Waals surface area (Å²) in [7, 11) is 0. The van der Waals surface area contributed by atoms with E-state index in [0.29, 0.717) is 12.5 Å². The van der Waals surface area contributed by atoms with Crippen molar-refractivity contribution in [1.82, 2.24) is 0 Å². The van der Waals surface area contributed by atoms with E-state index >= 15 is 0 Å². The van der Waals surface area contributed by atoms with Crippen LogP contribution in [-0.2, 0) is 9.53 Å². The second-order valence-electron chi connectivity index (χ2n) is 6.12. The molecule has 4 rings (SSSR count). The van der Waals surface area contributed by atoms with Gasteiger partial charge in [0.25, 0.3) is 0 Å². The minimum absolute atomic E-state index is 0.165. The largest absolute Gasteiger partial charge is 0.463 e. The maximum Gasteiger partial charge on any atom is 0.330 e. The molecule has 4 bridgehead atoms. The van der Waals surface area contributed by atoms with Crippen molar-refractivity contribution in [2.24, 2.45) is 29.6 Å². The van der Waals surface area contributed by atoms with E-state index in [9.17, 15) is 4.79 Å². The summed E-state index contributed by atoms with van der Waals surface area (Å²) >= 11 is 0. The zero-order chi connectivity index (χ0) is 11.8. The molecular formula is C15H22O2. The molecule has 0 heterocycles. The van der Waals surface area contributed by atoms with Crippen LogP contribution >= 0.6 is 0 Å². The summed E-state index contributed by atoms with van der Waals surface area (Å²) in [5, 5.41) is 0. The highest BCUT2D eigenvalue weighted by molar-refractivity contribution is 5.81. The lowest BCUT2D eigenvalue weighted by molar-refractivity contribution is -0.137. The first-order valence-electron chi connectivity index (χ1n) is 7.11. The van der Waals surface area contributed by atoms with Crippen LogP contribution in [0.4, 0.5) is 0 Å². The van der Waals surface area contributed by atoms with Gasteiger partial charge in [-0.2, -0.15) is 0 Å². The predicted molar refractivity (Wildman–Crippen MR) is 66.3 cm³/mol. The van der Waals surface area contributed by atoms with Gasteiger partial charge in [-0.15, -0.1) is 0 Å². The number of allylic oxidation sites excluding steroid dienone is 1. The van der Waals surface area contributed by atoms with E-state index in [1.807, 2.05) is 6.92 Å². The minimum atomic E-state index is -0.165. The monoisotopic (exact) mass is 234 g/mol. The van der Waals surface area contributed by atoms with Crippen LogP contribution in [0.1, 0.15) is 39.0 Å². The van der Waals surface area contributed by atoms with Crippen molar-refractivity contribution >= 4 is 5.97 Å². The molecule has 2 heteroatoms. The SMILES string of the molecule is CCOC(=O)/C=C\C1C2CC3CC(C2)CC1C3. The van der Waals surface area contributed by atoms with Crippen molar-refractivity contribution in [3.05, 3.63) is 12.2 Å². The number of rotatable bonds is 3. The standard InChI is InChI=1S/C15H22O2/c1-2-17-15(16)4-3-14-12-6-10-5-11(8-12)9-13(14)7-10/h3-4,10-14H,2,5-9H2,1H3/b4-3-. The predicted octanol–water partition coefficient (Wildman–Crippen LogP) is 3.18. The van der Waals surface area contributed by atoms with Gasteiger partial charge in [0.05, 0.1) is 6.61 Å². The van der Waals surface area contributed by atoms with Gasteiger partial charge in [-0.25, -0.2) is 4.79 Å². The van der Waals surface area contributed by atoms with Crippen LogP contribution in [0.15, 0.2) is 12.2 Å². The third-order valence-electron chi connectivity index (χ3n) is 5.04. The highest BCUT2D eigenvalue weighted by Crippen LogP contribution is 2.56. The molecule has 94 valence electrons. The van der Waals surface area contributed by atoms with E-state index in [1.54, 1.807) is 6.08 Å². The van der Waals surface area contributed by atoms with Crippen LogP contribution < -0.4 is 0 Å². The van der Waals surface area contributed by atoms with Crippen LogP contribution in [0.25, 0.3) is 0 Å². The van der Waals surface area contributed by atoms with Crippen LogP contribution in [0, 0.1) is 29.6 Å². The Morgan fingerprint density at radius 2 is 1.71 bits per heavy atom.